The lowest BCUT2D eigenvalue weighted by Gasteiger charge is -2.35. The minimum absolute atomic E-state index is 0.0892. The average molecular weight is 1020 g/mol. The number of rotatable bonds is 16. The molecule has 10 aromatic carbocycles. The van der Waals surface area contributed by atoms with Crippen molar-refractivity contribution >= 4 is 78.5 Å². The van der Waals surface area contributed by atoms with E-state index in [9.17, 15) is 9.59 Å². The normalized spacial score (nSPS) is 14.2. The van der Waals surface area contributed by atoms with Gasteiger partial charge in [-0.25, -0.2) is 0 Å². The number of hydrazine groups is 1. The second-order valence-corrected chi connectivity index (χ2v) is 21.0. The highest BCUT2D eigenvalue weighted by Gasteiger charge is 2.51. The lowest BCUT2D eigenvalue weighted by Crippen LogP contribution is -2.54. The number of imide groups is 3. The lowest BCUT2D eigenvalue weighted by atomic mass is 9.78. The van der Waals surface area contributed by atoms with Gasteiger partial charge in [0.1, 0.15) is 0 Å². The van der Waals surface area contributed by atoms with Gasteiger partial charge in [0, 0.05) is 39.1 Å². The van der Waals surface area contributed by atoms with Crippen LogP contribution in [0.3, 0.4) is 0 Å². The number of carbonyl (C=O) groups is 6. The van der Waals surface area contributed by atoms with Crippen molar-refractivity contribution in [3.05, 3.63) is 203 Å². The molecule has 78 heavy (non-hydrogen) atoms. The van der Waals surface area contributed by atoms with E-state index in [4.69, 9.17) is 0 Å². The van der Waals surface area contributed by atoms with Crippen LogP contribution in [0.2, 0.25) is 0 Å². The van der Waals surface area contributed by atoms with E-state index in [0.717, 1.165) is 123 Å². The fourth-order valence-electron chi connectivity index (χ4n) is 13.0. The number of hydrogen-bond donors (Lipinski definition) is 0. The van der Waals surface area contributed by atoms with Crippen molar-refractivity contribution in [1.29, 1.82) is 0 Å². The van der Waals surface area contributed by atoms with Gasteiger partial charge in [0.2, 0.25) is 0 Å². The zero-order valence-electron chi connectivity index (χ0n) is 43.6. The molecule has 6 amide bonds. The number of nitrogens with zero attached hydrogens (tertiary/aromatic N) is 3. The molecule has 0 saturated carbocycles. The number of benzene rings is 10. The van der Waals surface area contributed by atoms with E-state index in [0.29, 0.717) is 49.5 Å². The minimum Gasteiger partial charge on any atom is -0.271 e. The Labute approximate surface area is 452 Å². The van der Waals surface area contributed by atoms with Gasteiger partial charge >= 0.3 is 0 Å². The molecule has 0 atom stereocenters. The van der Waals surface area contributed by atoms with Crippen LogP contribution in [0.4, 0.5) is 0 Å². The zero-order chi connectivity index (χ0) is 53.3. The quantitative estimate of drug-likeness (QED) is 0.0412. The van der Waals surface area contributed by atoms with Crippen LogP contribution < -0.4 is 0 Å². The van der Waals surface area contributed by atoms with Crippen LogP contribution in [0.25, 0.3) is 87.6 Å². The van der Waals surface area contributed by atoms with E-state index in [1.54, 1.807) is 17.0 Å². The van der Waals surface area contributed by atoms with Crippen LogP contribution in [-0.4, -0.2) is 56.4 Å². The molecule has 0 fully saturated rings. The second kappa shape index (κ2) is 19.5. The Morgan fingerprint density at radius 3 is 0.910 bits per heavy atom. The van der Waals surface area contributed by atoms with Gasteiger partial charge in [0.15, 0.2) is 0 Å². The van der Waals surface area contributed by atoms with Crippen molar-refractivity contribution in [3.63, 3.8) is 0 Å². The fourth-order valence-corrected chi connectivity index (χ4v) is 13.0. The highest BCUT2D eigenvalue weighted by molar-refractivity contribution is 6.42. The SMILES string of the molecule is CCCCCCC(CCCCCC)N1C(=O)c2ccc3c4ccc5c6c(ccc(c7ccc(c2c37)C1=O)c64)C(=O)N(N1C(=O)c2c(c(-c3ccccc3)c(-c3ccccc3)c(-c3ccccc3)c2-c2ccccc2)C1=O)C5=O. The van der Waals surface area contributed by atoms with E-state index in [1.807, 2.05) is 158 Å². The molecular formula is C69H55N3O6. The average Bonchev–Trinajstić information content (AvgIpc) is 3.93. The van der Waals surface area contributed by atoms with Gasteiger partial charge in [-0.1, -0.05) is 211 Å². The lowest BCUT2D eigenvalue weighted by molar-refractivity contribution is 0.00526. The van der Waals surface area contributed by atoms with Gasteiger partial charge in [-0.3, -0.25) is 33.7 Å². The summed E-state index contributed by atoms with van der Waals surface area (Å²) in [7, 11) is 0. The van der Waals surface area contributed by atoms with Crippen LogP contribution in [0.1, 0.15) is 140 Å². The Kier molecular flexibility index (Phi) is 12.1. The molecule has 0 N–H and O–H groups in total. The molecule has 13 rings (SSSR count). The predicted molar refractivity (Wildman–Crippen MR) is 309 cm³/mol. The van der Waals surface area contributed by atoms with E-state index in [-0.39, 0.29) is 40.1 Å². The molecule has 382 valence electrons. The van der Waals surface area contributed by atoms with Crippen LogP contribution >= 0.6 is 0 Å². The van der Waals surface area contributed by atoms with Crippen LogP contribution in [0, 0.1) is 0 Å². The zero-order valence-corrected chi connectivity index (χ0v) is 43.6. The Hall–Kier alpha value is -9.08. The molecule has 0 aromatic heterocycles. The van der Waals surface area contributed by atoms with E-state index in [2.05, 4.69) is 13.8 Å². The first-order valence-corrected chi connectivity index (χ1v) is 27.5. The summed E-state index contributed by atoms with van der Waals surface area (Å²) in [5.74, 6) is -3.76. The standard InChI is InChI=1S/C69H55N3O6/c1-3-5-7-21-31-45(32-22-8-6-4-2)70-64(73)50-37-33-46-48-35-39-52-61-53(40-36-49(59(48)61)47-34-38-51(65(70)74)60(50)58(46)47)67(76)71(66(52)75)72-68(77)62-56(43-27-17-11-18-28-43)54(41-23-13-9-14-24-41)55(42-25-15-10-16-26-42)57(63(62)69(72)78)44-29-19-12-20-30-44/h9-20,23-30,33-40,45H,3-8,21-22,31-32H2,1-2H3. The smallest absolute Gasteiger partial charge is 0.271 e. The summed E-state index contributed by atoms with van der Waals surface area (Å²) in [6.45, 7) is 4.36. The topological polar surface area (TPSA) is 112 Å². The molecule has 3 aliphatic heterocycles. The molecule has 9 heteroatoms. The Morgan fingerprint density at radius 2 is 0.590 bits per heavy atom. The summed E-state index contributed by atoms with van der Waals surface area (Å²) in [4.78, 5) is 93.7. The number of fused-ring (bicyclic) bond motifs is 3. The molecule has 0 spiro atoms. The largest absolute Gasteiger partial charge is 0.281 e. The summed E-state index contributed by atoms with van der Waals surface area (Å²) in [5, 5.41) is 7.00. The first-order valence-electron chi connectivity index (χ1n) is 27.5. The fraction of sp³-hybridized carbons (Fsp3) is 0.188. The predicted octanol–water partition coefficient (Wildman–Crippen LogP) is 16.1. The van der Waals surface area contributed by atoms with Crippen LogP contribution in [-0.2, 0) is 0 Å². The summed E-state index contributed by atoms with van der Waals surface area (Å²) in [6, 6.07) is 52.9. The van der Waals surface area contributed by atoms with Gasteiger partial charge in [-0.2, -0.15) is 10.0 Å². The van der Waals surface area contributed by atoms with Gasteiger partial charge in [0.05, 0.1) is 22.3 Å². The van der Waals surface area contributed by atoms with Crippen LogP contribution in [0.5, 0.6) is 0 Å². The van der Waals surface area contributed by atoms with Crippen molar-refractivity contribution in [1.82, 2.24) is 14.9 Å². The van der Waals surface area contributed by atoms with Crippen molar-refractivity contribution in [2.24, 2.45) is 0 Å². The van der Waals surface area contributed by atoms with Gasteiger partial charge in [0.25, 0.3) is 35.4 Å². The van der Waals surface area contributed by atoms with Crippen molar-refractivity contribution < 1.29 is 28.8 Å². The molecule has 10 aromatic rings. The first kappa shape index (κ1) is 48.6. The molecule has 3 aliphatic rings. The van der Waals surface area contributed by atoms with Crippen LogP contribution in [0.15, 0.2) is 170 Å². The highest BCUT2D eigenvalue weighted by atomic mass is 16.2. The Morgan fingerprint density at radius 1 is 0.295 bits per heavy atom. The summed E-state index contributed by atoms with van der Waals surface area (Å²) < 4.78 is 0. The summed E-state index contributed by atoms with van der Waals surface area (Å²) in [5.41, 5.74) is 6.91. The molecule has 0 unspecified atom stereocenters. The minimum atomic E-state index is -0.814. The van der Waals surface area contributed by atoms with Gasteiger partial charge < -0.3 is 0 Å². The number of carbonyl (C=O) groups excluding carboxylic acids is 6. The monoisotopic (exact) mass is 1020 g/mol. The molecule has 0 radical (unpaired) electrons. The molecule has 0 bridgehead atoms. The molecule has 0 aliphatic carbocycles. The first-order chi connectivity index (χ1) is 38.2. The second-order valence-electron chi connectivity index (χ2n) is 21.0. The van der Waals surface area contributed by atoms with E-state index < -0.39 is 23.6 Å². The third-order valence-electron chi connectivity index (χ3n) is 16.6. The molecule has 0 saturated heterocycles. The number of amides is 6. The van der Waals surface area contributed by atoms with Crippen molar-refractivity contribution in [2.45, 2.75) is 84.1 Å². The Bertz CT molecular complexity index is 3880. The maximum Gasteiger partial charge on any atom is 0.281 e. The summed E-state index contributed by atoms with van der Waals surface area (Å²) >= 11 is 0. The summed E-state index contributed by atoms with van der Waals surface area (Å²) in [6.07, 6.45) is 9.98. The third-order valence-corrected chi connectivity index (χ3v) is 16.6. The number of hydrogen-bond acceptors (Lipinski definition) is 6. The van der Waals surface area contributed by atoms with Crippen molar-refractivity contribution in [2.75, 3.05) is 0 Å². The van der Waals surface area contributed by atoms with Gasteiger partial charge in [-0.15, -0.1) is 0 Å². The highest BCUT2D eigenvalue weighted by Crippen LogP contribution is 2.53. The Balaban J connectivity index is 0.958. The van der Waals surface area contributed by atoms with E-state index >= 15 is 19.2 Å². The van der Waals surface area contributed by atoms with E-state index in [1.165, 1.54) is 0 Å². The number of unbranched alkanes of at least 4 members (excludes halogenated alkanes) is 6. The molecule has 3 heterocycles. The van der Waals surface area contributed by atoms with Crippen molar-refractivity contribution in [3.8, 4) is 44.5 Å². The molecule has 9 nitrogen and oxygen atoms in total. The van der Waals surface area contributed by atoms with Gasteiger partial charge in [-0.05, 0) is 103 Å². The maximum atomic E-state index is 15.8. The maximum absolute atomic E-state index is 15.8. The third kappa shape index (κ3) is 7.35. The molecular weight excluding hydrogens is 967 g/mol.